The van der Waals surface area contributed by atoms with E-state index < -0.39 is 0 Å². The highest BCUT2D eigenvalue weighted by Crippen LogP contribution is 2.05. The molecule has 0 bridgehead atoms. The second-order valence-corrected chi connectivity index (χ2v) is 4.96. The number of nitrogens with one attached hydrogen (secondary N) is 1. The van der Waals surface area contributed by atoms with Crippen LogP contribution in [0.1, 0.15) is 21.6 Å². The lowest BCUT2D eigenvalue weighted by Gasteiger charge is -2.02. The summed E-state index contributed by atoms with van der Waals surface area (Å²) in [7, 11) is 0. The quantitative estimate of drug-likeness (QED) is 0.780. The number of hydrogen-bond donors (Lipinski definition) is 1. The molecule has 0 saturated carbocycles. The Morgan fingerprint density at radius 2 is 2.04 bits per heavy atom. The first-order valence-electron chi connectivity index (χ1n) is 7.02. The molecule has 0 fully saturated rings. The Hall–Kier alpha value is -3.09. The van der Waals surface area contributed by atoms with E-state index in [1.165, 1.54) is 18.3 Å². The maximum atomic E-state index is 12.9. The van der Waals surface area contributed by atoms with E-state index in [2.05, 4.69) is 20.6 Å². The van der Waals surface area contributed by atoms with E-state index in [0.29, 0.717) is 17.8 Å². The van der Waals surface area contributed by atoms with Gasteiger partial charge < -0.3 is 5.32 Å². The van der Waals surface area contributed by atoms with E-state index >= 15 is 0 Å². The van der Waals surface area contributed by atoms with Crippen LogP contribution in [0.4, 0.5) is 4.39 Å². The third-order valence-corrected chi connectivity index (χ3v) is 3.20. The van der Waals surface area contributed by atoms with Crippen LogP contribution in [0.2, 0.25) is 0 Å². The second kappa shape index (κ2) is 6.78. The number of carbonyl (C=O) groups is 1. The molecule has 7 heteroatoms. The van der Waals surface area contributed by atoms with Gasteiger partial charge >= 0.3 is 0 Å². The van der Waals surface area contributed by atoms with E-state index in [9.17, 15) is 9.18 Å². The predicted octanol–water partition coefficient (Wildman–Crippen LogP) is 1.79. The van der Waals surface area contributed by atoms with E-state index in [-0.39, 0.29) is 18.3 Å². The van der Waals surface area contributed by atoms with Crippen molar-refractivity contribution in [1.82, 2.24) is 25.3 Å². The van der Waals surface area contributed by atoms with E-state index in [1.807, 2.05) is 0 Å². The summed E-state index contributed by atoms with van der Waals surface area (Å²) in [5.74, 6) is -0.489. The fourth-order valence-corrected chi connectivity index (χ4v) is 2.04. The molecule has 0 saturated heterocycles. The SMILES string of the molecule is O=C(NCc1cn(Cc2ccc(F)cc2)nn1)c1cccnc1. The molecule has 1 aromatic carbocycles. The van der Waals surface area contributed by atoms with Crippen LogP contribution in [0.25, 0.3) is 0 Å². The smallest absolute Gasteiger partial charge is 0.253 e. The van der Waals surface area contributed by atoms with Gasteiger partial charge in [-0.25, -0.2) is 9.07 Å². The fraction of sp³-hybridized carbons (Fsp3) is 0.125. The number of carbonyl (C=O) groups excluding carboxylic acids is 1. The first-order valence-corrected chi connectivity index (χ1v) is 7.02. The number of amides is 1. The average Bonchev–Trinajstić information content (AvgIpc) is 3.03. The van der Waals surface area contributed by atoms with Gasteiger partial charge in [-0.1, -0.05) is 17.3 Å². The maximum Gasteiger partial charge on any atom is 0.253 e. The van der Waals surface area contributed by atoms with Crippen molar-refractivity contribution in [3.05, 3.63) is 77.6 Å². The molecule has 0 spiro atoms. The van der Waals surface area contributed by atoms with Gasteiger partial charge in [-0.05, 0) is 29.8 Å². The maximum absolute atomic E-state index is 12.9. The highest BCUT2D eigenvalue weighted by molar-refractivity contribution is 5.93. The van der Waals surface area contributed by atoms with Crippen LogP contribution in [-0.4, -0.2) is 25.9 Å². The first-order chi connectivity index (χ1) is 11.2. The Morgan fingerprint density at radius 3 is 2.78 bits per heavy atom. The lowest BCUT2D eigenvalue weighted by Crippen LogP contribution is -2.23. The molecule has 1 N–H and O–H groups in total. The molecule has 0 aliphatic carbocycles. The van der Waals surface area contributed by atoms with Crippen molar-refractivity contribution in [1.29, 1.82) is 0 Å². The second-order valence-electron chi connectivity index (χ2n) is 4.96. The minimum absolute atomic E-state index is 0.216. The Kier molecular flexibility index (Phi) is 4.37. The van der Waals surface area contributed by atoms with Crippen LogP contribution < -0.4 is 5.32 Å². The van der Waals surface area contributed by atoms with E-state index in [4.69, 9.17) is 0 Å². The minimum Gasteiger partial charge on any atom is -0.346 e. The van der Waals surface area contributed by atoms with E-state index in [1.54, 1.807) is 41.3 Å². The molecule has 2 aromatic heterocycles. The molecule has 0 aliphatic heterocycles. The third kappa shape index (κ3) is 3.97. The topological polar surface area (TPSA) is 72.7 Å². The van der Waals surface area contributed by atoms with Crippen molar-refractivity contribution in [3.8, 4) is 0 Å². The van der Waals surface area contributed by atoms with Gasteiger partial charge in [0.2, 0.25) is 0 Å². The number of aromatic nitrogens is 4. The predicted molar refractivity (Wildman–Crippen MR) is 80.9 cm³/mol. The van der Waals surface area contributed by atoms with Gasteiger partial charge in [-0.2, -0.15) is 0 Å². The normalized spacial score (nSPS) is 10.5. The molecule has 23 heavy (non-hydrogen) atoms. The molecule has 116 valence electrons. The molecule has 6 nitrogen and oxygen atoms in total. The van der Waals surface area contributed by atoms with Gasteiger partial charge in [0.15, 0.2) is 0 Å². The van der Waals surface area contributed by atoms with Crippen molar-refractivity contribution < 1.29 is 9.18 Å². The Balaban J connectivity index is 1.57. The Morgan fingerprint density at radius 1 is 1.22 bits per heavy atom. The molecule has 3 rings (SSSR count). The molecule has 0 radical (unpaired) electrons. The van der Waals surface area contributed by atoms with Gasteiger partial charge in [0.05, 0.1) is 24.8 Å². The minimum atomic E-state index is -0.272. The van der Waals surface area contributed by atoms with Crippen molar-refractivity contribution in [2.45, 2.75) is 13.1 Å². The molecule has 3 aromatic rings. The average molecular weight is 311 g/mol. The van der Waals surface area contributed by atoms with Crippen molar-refractivity contribution in [2.75, 3.05) is 0 Å². The summed E-state index contributed by atoms with van der Waals surface area (Å²) < 4.78 is 14.5. The first kappa shape index (κ1) is 14.8. The van der Waals surface area contributed by atoms with E-state index in [0.717, 1.165) is 5.56 Å². The van der Waals surface area contributed by atoms with Gasteiger partial charge in [-0.15, -0.1) is 5.10 Å². The molecular formula is C16H14FN5O. The number of nitrogens with zero attached hydrogens (tertiary/aromatic N) is 4. The van der Waals surface area contributed by atoms with Crippen molar-refractivity contribution in [2.24, 2.45) is 0 Å². The molecule has 0 unspecified atom stereocenters. The van der Waals surface area contributed by atoms with Gasteiger partial charge in [0.25, 0.3) is 5.91 Å². The zero-order valence-corrected chi connectivity index (χ0v) is 12.2. The molecule has 1 amide bonds. The van der Waals surface area contributed by atoms with Crippen LogP contribution in [0.15, 0.2) is 55.0 Å². The van der Waals surface area contributed by atoms with Crippen molar-refractivity contribution >= 4 is 5.91 Å². The van der Waals surface area contributed by atoms with Crippen LogP contribution in [-0.2, 0) is 13.1 Å². The molecule has 0 atom stereocenters. The highest BCUT2D eigenvalue weighted by atomic mass is 19.1. The largest absolute Gasteiger partial charge is 0.346 e. The van der Waals surface area contributed by atoms with Crippen LogP contribution in [0.3, 0.4) is 0 Å². The Bertz CT molecular complexity index is 786. The standard InChI is InChI=1S/C16H14FN5O/c17-14-5-3-12(4-6-14)10-22-11-15(20-21-22)9-19-16(23)13-2-1-7-18-8-13/h1-8,11H,9-10H2,(H,19,23). The summed E-state index contributed by atoms with van der Waals surface area (Å²) in [6.45, 7) is 0.765. The monoisotopic (exact) mass is 311 g/mol. The van der Waals surface area contributed by atoms with Crippen LogP contribution in [0, 0.1) is 5.82 Å². The zero-order chi connectivity index (χ0) is 16.1. The fourth-order valence-electron chi connectivity index (χ4n) is 2.04. The summed E-state index contributed by atoms with van der Waals surface area (Å²) in [6.07, 6.45) is 4.85. The van der Waals surface area contributed by atoms with Crippen LogP contribution in [0.5, 0.6) is 0 Å². The summed E-state index contributed by atoms with van der Waals surface area (Å²) in [5.41, 5.74) is 2.05. The number of rotatable bonds is 5. The van der Waals surface area contributed by atoms with Gasteiger partial charge in [0, 0.05) is 12.4 Å². The number of hydrogen-bond acceptors (Lipinski definition) is 4. The van der Waals surface area contributed by atoms with Gasteiger partial charge in [0.1, 0.15) is 11.5 Å². The summed E-state index contributed by atoms with van der Waals surface area (Å²) in [5, 5.41) is 10.8. The Labute approximate surface area is 132 Å². The zero-order valence-electron chi connectivity index (χ0n) is 12.2. The molecule has 0 aliphatic rings. The molecular weight excluding hydrogens is 297 g/mol. The highest BCUT2D eigenvalue weighted by Gasteiger charge is 2.07. The lowest BCUT2D eigenvalue weighted by atomic mass is 10.2. The number of pyridine rings is 1. The summed E-state index contributed by atoms with van der Waals surface area (Å²) in [4.78, 5) is 15.8. The third-order valence-electron chi connectivity index (χ3n) is 3.20. The summed E-state index contributed by atoms with van der Waals surface area (Å²) >= 11 is 0. The molecule has 2 heterocycles. The van der Waals surface area contributed by atoms with Crippen LogP contribution >= 0.6 is 0 Å². The van der Waals surface area contributed by atoms with Crippen molar-refractivity contribution in [3.63, 3.8) is 0 Å². The summed E-state index contributed by atoms with van der Waals surface area (Å²) in [6, 6.07) is 9.59. The number of benzene rings is 1. The van der Waals surface area contributed by atoms with Gasteiger partial charge in [-0.3, -0.25) is 9.78 Å². The lowest BCUT2D eigenvalue weighted by molar-refractivity contribution is 0.0950. The number of halogens is 1.